The molecule has 110 valence electrons. The third-order valence-electron chi connectivity index (χ3n) is 3.23. The molecule has 0 atom stereocenters. The number of carbonyl (C=O) groups is 1. The summed E-state index contributed by atoms with van der Waals surface area (Å²) >= 11 is 0. The van der Waals surface area contributed by atoms with Gasteiger partial charge in [-0.15, -0.1) is 0 Å². The summed E-state index contributed by atoms with van der Waals surface area (Å²) in [5.74, 6) is -1.37. The zero-order chi connectivity index (χ0) is 15.7. The Morgan fingerprint density at radius 1 is 1.05 bits per heavy atom. The Hall–Kier alpha value is -2.82. The standard InChI is InChI=1S/C17H12F2N2O/c1-10-7-16(14-9-13(19)5-6-15(14)20-10)21-17(22)11-3-2-4-12(18)8-11/h2-9H,1H3,(H,20,21,22). The van der Waals surface area contributed by atoms with Crippen LogP contribution in [0.15, 0.2) is 48.5 Å². The fourth-order valence-corrected chi connectivity index (χ4v) is 2.26. The van der Waals surface area contributed by atoms with Crippen LogP contribution in [0.4, 0.5) is 14.5 Å². The van der Waals surface area contributed by atoms with Crippen LogP contribution >= 0.6 is 0 Å². The highest BCUT2D eigenvalue weighted by atomic mass is 19.1. The van der Waals surface area contributed by atoms with Crippen molar-refractivity contribution >= 4 is 22.5 Å². The number of carbonyl (C=O) groups excluding carboxylic acids is 1. The second kappa shape index (κ2) is 5.52. The van der Waals surface area contributed by atoms with Crippen molar-refractivity contribution in [2.75, 3.05) is 5.32 Å². The van der Waals surface area contributed by atoms with Crippen LogP contribution in [0.5, 0.6) is 0 Å². The van der Waals surface area contributed by atoms with Gasteiger partial charge in [0.2, 0.25) is 0 Å². The van der Waals surface area contributed by atoms with E-state index >= 15 is 0 Å². The molecule has 2 aromatic carbocycles. The first kappa shape index (κ1) is 14.1. The maximum Gasteiger partial charge on any atom is 0.255 e. The maximum absolute atomic E-state index is 13.4. The Bertz CT molecular complexity index is 878. The van der Waals surface area contributed by atoms with Crippen LogP contribution in [-0.2, 0) is 0 Å². The fourth-order valence-electron chi connectivity index (χ4n) is 2.26. The Morgan fingerprint density at radius 2 is 1.82 bits per heavy atom. The molecule has 0 aliphatic carbocycles. The average molecular weight is 298 g/mol. The highest BCUT2D eigenvalue weighted by molar-refractivity contribution is 6.08. The Morgan fingerprint density at radius 3 is 2.59 bits per heavy atom. The van der Waals surface area contributed by atoms with Crippen LogP contribution in [0.25, 0.3) is 10.9 Å². The van der Waals surface area contributed by atoms with Crippen molar-refractivity contribution < 1.29 is 13.6 Å². The van der Waals surface area contributed by atoms with Crippen molar-refractivity contribution in [2.45, 2.75) is 6.92 Å². The number of halogens is 2. The van der Waals surface area contributed by atoms with Crippen LogP contribution in [0.3, 0.4) is 0 Å². The van der Waals surface area contributed by atoms with Crippen molar-refractivity contribution in [1.82, 2.24) is 4.98 Å². The second-order valence-electron chi connectivity index (χ2n) is 4.94. The Balaban J connectivity index is 2.03. The minimum atomic E-state index is -0.491. The van der Waals surface area contributed by atoms with Crippen LogP contribution < -0.4 is 5.32 Å². The van der Waals surface area contributed by atoms with Gasteiger partial charge >= 0.3 is 0 Å². The number of nitrogens with one attached hydrogen (secondary N) is 1. The number of aromatic nitrogens is 1. The highest BCUT2D eigenvalue weighted by Gasteiger charge is 2.11. The summed E-state index contributed by atoms with van der Waals surface area (Å²) in [5, 5.41) is 3.18. The smallest absolute Gasteiger partial charge is 0.255 e. The number of hydrogen-bond acceptors (Lipinski definition) is 2. The summed E-state index contributed by atoms with van der Waals surface area (Å²) in [6.45, 7) is 1.78. The summed E-state index contributed by atoms with van der Waals surface area (Å²) in [5.41, 5.74) is 1.90. The molecule has 22 heavy (non-hydrogen) atoms. The molecular weight excluding hydrogens is 286 g/mol. The lowest BCUT2D eigenvalue weighted by Crippen LogP contribution is -2.12. The molecule has 0 fully saturated rings. The number of anilines is 1. The maximum atomic E-state index is 13.4. The SMILES string of the molecule is Cc1cc(NC(=O)c2cccc(F)c2)c2cc(F)ccc2n1. The molecule has 3 nitrogen and oxygen atoms in total. The van der Waals surface area contributed by atoms with E-state index in [-0.39, 0.29) is 5.56 Å². The molecule has 0 unspecified atom stereocenters. The molecular formula is C17H12F2N2O. The molecule has 0 aliphatic heterocycles. The molecule has 1 heterocycles. The Labute approximate surface area is 125 Å². The molecule has 0 saturated heterocycles. The van der Waals surface area contributed by atoms with E-state index in [1.54, 1.807) is 19.1 Å². The first-order valence-electron chi connectivity index (χ1n) is 6.67. The number of rotatable bonds is 2. The van der Waals surface area contributed by atoms with Gasteiger partial charge < -0.3 is 5.32 Å². The van der Waals surface area contributed by atoms with E-state index in [4.69, 9.17) is 0 Å². The zero-order valence-corrected chi connectivity index (χ0v) is 11.7. The second-order valence-corrected chi connectivity index (χ2v) is 4.94. The van der Waals surface area contributed by atoms with Gasteiger partial charge in [0.1, 0.15) is 11.6 Å². The van der Waals surface area contributed by atoms with Crippen LogP contribution in [0, 0.1) is 18.6 Å². The molecule has 3 rings (SSSR count). The topological polar surface area (TPSA) is 42.0 Å². The molecule has 0 aliphatic rings. The quantitative estimate of drug-likeness (QED) is 0.774. The highest BCUT2D eigenvalue weighted by Crippen LogP contribution is 2.24. The van der Waals surface area contributed by atoms with Crippen molar-refractivity contribution in [3.8, 4) is 0 Å². The number of aryl methyl sites for hydroxylation is 1. The molecule has 0 bridgehead atoms. The van der Waals surface area contributed by atoms with Crippen molar-refractivity contribution in [1.29, 1.82) is 0 Å². The number of fused-ring (bicyclic) bond motifs is 1. The van der Waals surface area contributed by atoms with Gasteiger partial charge in [0.25, 0.3) is 5.91 Å². The number of nitrogens with zero attached hydrogens (tertiary/aromatic N) is 1. The van der Waals surface area contributed by atoms with Crippen LogP contribution in [0.2, 0.25) is 0 Å². The van der Waals surface area contributed by atoms with Gasteiger partial charge in [-0.2, -0.15) is 0 Å². The number of pyridine rings is 1. The predicted octanol–water partition coefficient (Wildman–Crippen LogP) is 4.07. The van der Waals surface area contributed by atoms with Gasteiger partial charge in [0, 0.05) is 16.6 Å². The molecule has 1 N–H and O–H groups in total. The lowest BCUT2D eigenvalue weighted by molar-refractivity contribution is 0.102. The molecule has 1 aromatic heterocycles. The first-order chi connectivity index (χ1) is 10.5. The van der Waals surface area contributed by atoms with Crippen LogP contribution in [0.1, 0.15) is 16.1 Å². The van der Waals surface area contributed by atoms with E-state index in [1.165, 1.54) is 30.3 Å². The van der Waals surface area contributed by atoms with Gasteiger partial charge in [-0.1, -0.05) is 6.07 Å². The summed E-state index contributed by atoms with van der Waals surface area (Å²) in [7, 11) is 0. The van der Waals surface area contributed by atoms with E-state index in [2.05, 4.69) is 10.3 Å². The van der Waals surface area contributed by atoms with Gasteiger partial charge in [-0.3, -0.25) is 9.78 Å². The number of benzene rings is 2. The van der Waals surface area contributed by atoms with Crippen molar-refractivity contribution in [2.24, 2.45) is 0 Å². The zero-order valence-electron chi connectivity index (χ0n) is 11.7. The van der Waals surface area contributed by atoms with Gasteiger partial charge in [0.15, 0.2) is 0 Å². The third kappa shape index (κ3) is 2.79. The fraction of sp³-hybridized carbons (Fsp3) is 0.0588. The molecule has 1 amide bonds. The summed E-state index contributed by atoms with van der Waals surface area (Å²) < 4.78 is 26.6. The number of hydrogen-bond donors (Lipinski definition) is 1. The minimum Gasteiger partial charge on any atom is -0.321 e. The van der Waals surface area contributed by atoms with Crippen molar-refractivity contribution in [3.63, 3.8) is 0 Å². The molecule has 0 radical (unpaired) electrons. The first-order valence-corrected chi connectivity index (χ1v) is 6.67. The van der Waals surface area contributed by atoms with E-state index in [0.29, 0.717) is 22.3 Å². The van der Waals surface area contributed by atoms with E-state index in [0.717, 1.165) is 6.07 Å². The van der Waals surface area contributed by atoms with Crippen molar-refractivity contribution in [3.05, 3.63) is 71.4 Å². The van der Waals surface area contributed by atoms with E-state index < -0.39 is 17.5 Å². The molecule has 3 aromatic rings. The largest absolute Gasteiger partial charge is 0.321 e. The predicted molar refractivity (Wildman–Crippen MR) is 80.8 cm³/mol. The normalized spacial score (nSPS) is 10.7. The molecule has 0 saturated carbocycles. The van der Waals surface area contributed by atoms with Crippen LogP contribution in [-0.4, -0.2) is 10.9 Å². The monoisotopic (exact) mass is 298 g/mol. The minimum absolute atomic E-state index is 0.194. The summed E-state index contributed by atoms with van der Waals surface area (Å²) in [6, 6.07) is 11.2. The Kier molecular flexibility index (Phi) is 3.55. The van der Waals surface area contributed by atoms with Gasteiger partial charge in [0.05, 0.1) is 11.2 Å². The lowest BCUT2D eigenvalue weighted by Gasteiger charge is -2.10. The summed E-state index contributed by atoms with van der Waals surface area (Å²) in [6.07, 6.45) is 0. The van der Waals surface area contributed by atoms with Gasteiger partial charge in [-0.25, -0.2) is 8.78 Å². The average Bonchev–Trinajstić information content (AvgIpc) is 2.48. The molecule has 0 spiro atoms. The van der Waals surface area contributed by atoms with E-state index in [9.17, 15) is 13.6 Å². The van der Waals surface area contributed by atoms with Gasteiger partial charge in [-0.05, 0) is 49.4 Å². The van der Waals surface area contributed by atoms with E-state index in [1.807, 2.05) is 0 Å². The third-order valence-corrected chi connectivity index (χ3v) is 3.23. The summed E-state index contributed by atoms with van der Waals surface area (Å²) in [4.78, 5) is 16.5. The molecule has 5 heteroatoms. The lowest BCUT2D eigenvalue weighted by atomic mass is 10.1. The number of amides is 1.